The fourth-order valence-electron chi connectivity index (χ4n) is 4.28. The molecule has 0 aliphatic carbocycles. The Labute approximate surface area is 207 Å². The lowest BCUT2D eigenvalue weighted by molar-refractivity contribution is -0.140. The Hall–Kier alpha value is -3.73. The maximum atomic E-state index is 12.0. The van der Waals surface area contributed by atoms with Crippen molar-refractivity contribution in [2.24, 2.45) is 0 Å². The second kappa shape index (κ2) is 12.7. The Morgan fingerprint density at radius 1 is 0.657 bits per heavy atom. The molecule has 4 rings (SSSR count). The third kappa shape index (κ3) is 6.89. The summed E-state index contributed by atoms with van der Waals surface area (Å²) < 4.78 is 11.7. The number of benzene rings is 4. The van der Waals surface area contributed by atoms with Crippen molar-refractivity contribution in [2.75, 3.05) is 13.7 Å². The van der Waals surface area contributed by atoms with Gasteiger partial charge in [-0.05, 0) is 28.7 Å². The van der Waals surface area contributed by atoms with E-state index in [0.29, 0.717) is 6.42 Å². The van der Waals surface area contributed by atoms with Gasteiger partial charge in [0.25, 0.3) is 0 Å². The number of carbonyl (C=O) groups is 1. The predicted molar refractivity (Wildman–Crippen MR) is 139 cm³/mol. The molecule has 4 nitrogen and oxygen atoms in total. The van der Waals surface area contributed by atoms with Gasteiger partial charge in [-0.1, -0.05) is 121 Å². The van der Waals surface area contributed by atoms with Gasteiger partial charge < -0.3 is 9.47 Å². The molecular formula is C31H31NO3. The van der Waals surface area contributed by atoms with Gasteiger partial charge in [-0.3, -0.25) is 10.1 Å². The van der Waals surface area contributed by atoms with Crippen LogP contribution in [0.3, 0.4) is 0 Å². The molecule has 1 N–H and O–H groups in total. The molecule has 0 amide bonds. The van der Waals surface area contributed by atoms with Crippen LogP contribution < -0.4 is 5.32 Å². The molecule has 4 aromatic rings. The highest BCUT2D eigenvalue weighted by molar-refractivity contribution is 5.71. The van der Waals surface area contributed by atoms with Crippen molar-refractivity contribution >= 4 is 5.97 Å². The van der Waals surface area contributed by atoms with E-state index in [9.17, 15) is 4.79 Å². The van der Waals surface area contributed by atoms with Crippen molar-refractivity contribution in [1.82, 2.24) is 5.32 Å². The average Bonchev–Trinajstić information content (AvgIpc) is 2.94. The summed E-state index contributed by atoms with van der Waals surface area (Å²) in [6.45, 7) is 0.0633. The lowest BCUT2D eigenvalue weighted by Gasteiger charge is -2.30. The SMILES string of the molecule is COC(=O)CNC(CC(c1ccccc1)c1ccccc1)OC(c1ccccc1)c1ccccc1. The maximum Gasteiger partial charge on any atom is 0.319 e. The zero-order chi connectivity index (χ0) is 24.3. The second-order valence-electron chi connectivity index (χ2n) is 8.39. The minimum Gasteiger partial charge on any atom is -0.468 e. The van der Waals surface area contributed by atoms with Crippen LogP contribution in [0.1, 0.15) is 40.7 Å². The summed E-state index contributed by atoms with van der Waals surface area (Å²) in [5.41, 5.74) is 4.50. The van der Waals surface area contributed by atoms with Gasteiger partial charge in [-0.2, -0.15) is 0 Å². The Kier molecular flexibility index (Phi) is 8.82. The van der Waals surface area contributed by atoms with E-state index < -0.39 is 6.23 Å². The van der Waals surface area contributed by atoms with E-state index in [1.165, 1.54) is 18.2 Å². The fourth-order valence-corrected chi connectivity index (χ4v) is 4.28. The highest BCUT2D eigenvalue weighted by atomic mass is 16.5. The van der Waals surface area contributed by atoms with Gasteiger partial charge in [-0.25, -0.2) is 0 Å². The van der Waals surface area contributed by atoms with Crippen molar-refractivity contribution in [1.29, 1.82) is 0 Å². The van der Waals surface area contributed by atoms with Crippen molar-refractivity contribution in [2.45, 2.75) is 24.7 Å². The normalized spacial score (nSPS) is 12.0. The minimum atomic E-state index is -0.412. The fraction of sp³-hybridized carbons (Fsp3) is 0.194. The molecule has 0 aliphatic heterocycles. The molecule has 4 heteroatoms. The van der Waals surface area contributed by atoms with E-state index in [4.69, 9.17) is 9.47 Å². The molecule has 0 spiro atoms. The number of hydrogen-bond donors (Lipinski definition) is 1. The summed E-state index contributed by atoms with van der Waals surface area (Å²) in [5.74, 6) is -0.245. The van der Waals surface area contributed by atoms with Crippen LogP contribution in [0.5, 0.6) is 0 Å². The first kappa shape index (κ1) is 24.4. The van der Waals surface area contributed by atoms with Gasteiger partial charge in [0.2, 0.25) is 0 Å². The van der Waals surface area contributed by atoms with Crippen LogP contribution in [0, 0.1) is 0 Å². The molecule has 1 atom stereocenters. The highest BCUT2D eigenvalue weighted by Gasteiger charge is 2.25. The first-order valence-corrected chi connectivity index (χ1v) is 11.9. The largest absolute Gasteiger partial charge is 0.468 e. The summed E-state index contributed by atoms with van der Waals surface area (Å²) in [6, 6.07) is 41.2. The molecule has 4 aromatic carbocycles. The number of esters is 1. The molecule has 0 bridgehead atoms. The standard InChI is InChI=1S/C31H31NO3/c1-34-30(33)23-32-29(22-28(24-14-6-2-7-15-24)25-16-8-3-9-17-25)35-31(26-18-10-4-11-19-26)27-20-12-5-13-21-27/h2-21,28-29,31-32H,22-23H2,1H3. The Morgan fingerprint density at radius 2 is 1.06 bits per heavy atom. The van der Waals surface area contributed by atoms with E-state index in [0.717, 1.165) is 11.1 Å². The van der Waals surface area contributed by atoms with Crippen LogP contribution >= 0.6 is 0 Å². The molecule has 0 fully saturated rings. The van der Waals surface area contributed by atoms with Crippen molar-refractivity contribution in [3.8, 4) is 0 Å². The van der Waals surface area contributed by atoms with Crippen LogP contribution in [0.25, 0.3) is 0 Å². The Bertz CT molecular complexity index is 987. The van der Waals surface area contributed by atoms with Crippen molar-refractivity contribution in [3.05, 3.63) is 144 Å². The highest BCUT2D eigenvalue weighted by Crippen LogP contribution is 2.33. The van der Waals surface area contributed by atoms with Gasteiger partial charge in [0.05, 0.1) is 13.7 Å². The van der Waals surface area contributed by atoms with E-state index in [2.05, 4.69) is 78.1 Å². The van der Waals surface area contributed by atoms with Crippen molar-refractivity contribution in [3.63, 3.8) is 0 Å². The summed E-state index contributed by atoms with van der Waals surface area (Å²) in [4.78, 5) is 12.0. The zero-order valence-electron chi connectivity index (χ0n) is 19.9. The van der Waals surface area contributed by atoms with Crippen LogP contribution in [0.4, 0.5) is 0 Å². The average molecular weight is 466 g/mol. The number of rotatable bonds is 11. The maximum absolute atomic E-state index is 12.0. The molecule has 178 valence electrons. The predicted octanol–water partition coefficient (Wildman–Crippen LogP) is 6.10. The van der Waals surface area contributed by atoms with Crippen LogP contribution in [0.2, 0.25) is 0 Å². The van der Waals surface area contributed by atoms with E-state index in [1.807, 2.05) is 48.5 Å². The number of hydrogen-bond acceptors (Lipinski definition) is 4. The third-order valence-corrected chi connectivity index (χ3v) is 6.06. The molecule has 1 unspecified atom stereocenters. The van der Waals surface area contributed by atoms with E-state index >= 15 is 0 Å². The molecule has 0 saturated heterocycles. The Balaban J connectivity index is 1.67. The van der Waals surface area contributed by atoms with Crippen LogP contribution in [-0.4, -0.2) is 25.9 Å². The van der Waals surface area contributed by atoms with Crippen LogP contribution in [-0.2, 0) is 14.3 Å². The molecule has 0 heterocycles. The number of carbonyl (C=O) groups excluding carboxylic acids is 1. The smallest absolute Gasteiger partial charge is 0.319 e. The topological polar surface area (TPSA) is 47.6 Å². The molecule has 35 heavy (non-hydrogen) atoms. The summed E-state index contributed by atoms with van der Waals surface area (Å²) >= 11 is 0. The quantitative estimate of drug-likeness (QED) is 0.215. The zero-order valence-corrected chi connectivity index (χ0v) is 19.9. The minimum absolute atomic E-state index is 0.0633. The van der Waals surface area contributed by atoms with Gasteiger partial charge in [0, 0.05) is 5.92 Å². The first-order valence-electron chi connectivity index (χ1n) is 11.9. The lowest BCUT2D eigenvalue weighted by atomic mass is 9.88. The molecule has 0 radical (unpaired) electrons. The van der Waals surface area contributed by atoms with Gasteiger partial charge >= 0.3 is 5.97 Å². The molecule has 0 aliphatic rings. The molecule has 0 aromatic heterocycles. The number of ether oxygens (including phenoxy) is 2. The number of nitrogens with one attached hydrogen (secondary N) is 1. The summed E-state index contributed by atoms with van der Waals surface area (Å²) in [7, 11) is 1.40. The molecular weight excluding hydrogens is 434 g/mol. The first-order chi connectivity index (χ1) is 17.2. The van der Waals surface area contributed by atoms with Gasteiger partial charge in [0.1, 0.15) is 12.3 Å². The Morgan fingerprint density at radius 3 is 1.46 bits per heavy atom. The van der Waals surface area contributed by atoms with E-state index in [1.54, 1.807) is 0 Å². The monoisotopic (exact) mass is 465 g/mol. The summed E-state index contributed by atoms with van der Waals surface area (Å²) in [5, 5.41) is 3.31. The van der Waals surface area contributed by atoms with E-state index in [-0.39, 0.29) is 24.5 Å². The van der Waals surface area contributed by atoms with Crippen molar-refractivity contribution < 1.29 is 14.3 Å². The van der Waals surface area contributed by atoms with Gasteiger partial charge in [-0.15, -0.1) is 0 Å². The molecule has 0 saturated carbocycles. The number of methoxy groups -OCH3 is 1. The summed E-state index contributed by atoms with van der Waals surface area (Å²) in [6.07, 6.45) is -0.0639. The third-order valence-electron chi connectivity index (χ3n) is 6.06. The second-order valence-corrected chi connectivity index (χ2v) is 8.39. The lowest BCUT2D eigenvalue weighted by Crippen LogP contribution is -2.38. The van der Waals surface area contributed by atoms with Gasteiger partial charge in [0.15, 0.2) is 0 Å². The van der Waals surface area contributed by atoms with Crippen LogP contribution in [0.15, 0.2) is 121 Å².